The molecule has 1 aromatic carbocycles. The highest BCUT2D eigenvalue weighted by molar-refractivity contribution is 5.50. The summed E-state index contributed by atoms with van der Waals surface area (Å²) in [4.78, 5) is 0. The van der Waals surface area contributed by atoms with Crippen molar-refractivity contribution in [3.63, 3.8) is 0 Å². The number of hydrogen-bond acceptors (Lipinski definition) is 1. The summed E-state index contributed by atoms with van der Waals surface area (Å²) in [5.74, 6) is 0.812. The van der Waals surface area contributed by atoms with E-state index in [0.717, 1.165) is 18.9 Å². The Labute approximate surface area is 105 Å². The third-order valence-electron chi connectivity index (χ3n) is 3.62. The Balaban J connectivity index is 1.91. The number of hydrogen-bond donors (Lipinski definition) is 1. The predicted octanol–water partition coefficient (Wildman–Crippen LogP) is 3.78. The molecule has 0 atom stereocenters. The Bertz CT molecular complexity index is 344. The van der Waals surface area contributed by atoms with E-state index in [2.05, 4.69) is 36.4 Å². The molecule has 17 heavy (non-hydrogen) atoms. The molecule has 1 heteroatoms. The van der Waals surface area contributed by atoms with Gasteiger partial charge in [0, 0.05) is 0 Å². The number of allylic oxidation sites excluding steroid dienone is 1. The van der Waals surface area contributed by atoms with E-state index in [0.29, 0.717) is 0 Å². The maximum absolute atomic E-state index is 5.54. The normalized spacial score (nSPS) is 17.7. The number of rotatable bonds is 4. The van der Waals surface area contributed by atoms with Crippen molar-refractivity contribution >= 4 is 6.08 Å². The van der Waals surface area contributed by atoms with Crippen LogP contribution in [0.2, 0.25) is 0 Å². The summed E-state index contributed by atoms with van der Waals surface area (Å²) in [6.07, 6.45) is 12.7. The van der Waals surface area contributed by atoms with Gasteiger partial charge in [-0.3, -0.25) is 0 Å². The van der Waals surface area contributed by atoms with Crippen LogP contribution in [0.3, 0.4) is 0 Å². The van der Waals surface area contributed by atoms with Gasteiger partial charge < -0.3 is 5.73 Å². The van der Waals surface area contributed by atoms with Crippen LogP contribution in [0, 0.1) is 5.92 Å². The van der Waals surface area contributed by atoms with E-state index in [1.54, 1.807) is 0 Å². The molecule has 0 aliphatic heterocycles. The molecular weight excluding hydrogens is 206 g/mol. The minimum absolute atomic E-state index is 0.733. The zero-order valence-corrected chi connectivity index (χ0v) is 10.6. The molecule has 2 rings (SSSR count). The molecular formula is C16H23N. The van der Waals surface area contributed by atoms with Gasteiger partial charge in [-0.25, -0.2) is 0 Å². The topological polar surface area (TPSA) is 26.0 Å². The van der Waals surface area contributed by atoms with E-state index in [1.807, 2.05) is 0 Å². The first-order valence-electron chi connectivity index (χ1n) is 6.86. The lowest BCUT2D eigenvalue weighted by molar-refractivity contribution is 0.420. The van der Waals surface area contributed by atoms with E-state index in [1.165, 1.54) is 43.2 Å². The van der Waals surface area contributed by atoms with Crippen molar-refractivity contribution in [1.82, 2.24) is 0 Å². The minimum atomic E-state index is 0.733. The first-order chi connectivity index (χ1) is 8.38. The average Bonchev–Trinajstić information content (AvgIpc) is 2.40. The van der Waals surface area contributed by atoms with E-state index >= 15 is 0 Å². The number of nitrogens with two attached hydrogens (primary N) is 1. The quantitative estimate of drug-likeness (QED) is 0.835. The van der Waals surface area contributed by atoms with Crippen LogP contribution < -0.4 is 5.73 Å². The minimum Gasteiger partial charge on any atom is -0.330 e. The van der Waals surface area contributed by atoms with E-state index in [4.69, 9.17) is 5.73 Å². The highest BCUT2D eigenvalue weighted by Crippen LogP contribution is 2.25. The van der Waals surface area contributed by atoms with E-state index < -0.39 is 0 Å². The maximum Gasteiger partial charge on any atom is -0.00367 e. The molecule has 0 radical (unpaired) electrons. The van der Waals surface area contributed by atoms with Crippen molar-refractivity contribution in [2.75, 3.05) is 6.54 Å². The zero-order valence-electron chi connectivity index (χ0n) is 10.6. The molecule has 0 amide bonds. The molecule has 0 aromatic heterocycles. The van der Waals surface area contributed by atoms with Crippen LogP contribution >= 0.6 is 0 Å². The maximum atomic E-state index is 5.54. The molecule has 1 saturated carbocycles. The largest absolute Gasteiger partial charge is 0.330 e. The van der Waals surface area contributed by atoms with Crippen LogP contribution in [-0.4, -0.2) is 6.54 Å². The Kier molecular flexibility index (Phi) is 4.81. The van der Waals surface area contributed by atoms with Gasteiger partial charge in [0.15, 0.2) is 0 Å². The highest BCUT2D eigenvalue weighted by atomic mass is 14.5. The standard InChI is InChI=1S/C16H23N/c17-13-12-16-10-8-15(9-11-16)7-6-14-4-2-1-3-5-14/h6-11,14H,1-5,12-13,17H2/b7-6-. The molecule has 0 unspecified atom stereocenters. The van der Waals surface area contributed by atoms with Crippen molar-refractivity contribution in [3.05, 3.63) is 41.5 Å². The lowest BCUT2D eigenvalue weighted by atomic mass is 9.89. The van der Waals surface area contributed by atoms with Crippen LogP contribution in [0.4, 0.5) is 0 Å². The lowest BCUT2D eigenvalue weighted by Crippen LogP contribution is -2.02. The van der Waals surface area contributed by atoms with Gasteiger partial charge in [-0.1, -0.05) is 55.7 Å². The highest BCUT2D eigenvalue weighted by Gasteiger charge is 2.09. The van der Waals surface area contributed by atoms with Gasteiger partial charge in [-0.2, -0.15) is 0 Å². The van der Waals surface area contributed by atoms with Crippen LogP contribution in [0.15, 0.2) is 30.3 Å². The average molecular weight is 229 g/mol. The van der Waals surface area contributed by atoms with Crippen LogP contribution in [0.25, 0.3) is 6.08 Å². The van der Waals surface area contributed by atoms with E-state index in [-0.39, 0.29) is 0 Å². The van der Waals surface area contributed by atoms with Crippen LogP contribution in [0.1, 0.15) is 43.2 Å². The molecule has 0 saturated heterocycles. The van der Waals surface area contributed by atoms with Gasteiger partial charge >= 0.3 is 0 Å². The molecule has 1 nitrogen and oxygen atoms in total. The Morgan fingerprint density at radius 1 is 1.06 bits per heavy atom. The molecule has 1 aliphatic rings. The van der Waals surface area contributed by atoms with Crippen molar-refractivity contribution in [2.24, 2.45) is 11.7 Å². The molecule has 0 spiro atoms. The Hall–Kier alpha value is -1.08. The predicted molar refractivity (Wildman–Crippen MR) is 74.8 cm³/mol. The molecule has 1 aromatic rings. The summed E-state index contributed by atoms with van der Waals surface area (Å²) < 4.78 is 0. The second-order valence-electron chi connectivity index (χ2n) is 5.04. The summed E-state index contributed by atoms with van der Waals surface area (Å²) in [6, 6.07) is 8.77. The fraction of sp³-hybridized carbons (Fsp3) is 0.500. The molecule has 0 bridgehead atoms. The SMILES string of the molecule is NCCc1ccc(/C=C\C2CCCCC2)cc1. The second-order valence-corrected chi connectivity index (χ2v) is 5.04. The van der Waals surface area contributed by atoms with E-state index in [9.17, 15) is 0 Å². The molecule has 2 N–H and O–H groups in total. The summed E-state index contributed by atoms with van der Waals surface area (Å²) in [5.41, 5.74) is 8.19. The van der Waals surface area contributed by atoms with Crippen molar-refractivity contribution in [2.45, 2.75) is 38.5 Å². The van der Waals surface area contributed by atoms with Crippen LogP contribution in [0.5, 0.6) is 0 Å². The molecule has 1 aliphatic carbocycles. The lowest BCUT2D eigenvalue weighted by Gasteiger charge is -2.17. The first-order valence-corrected chi connectivity index (χ1v) is 6.86. The van der Waals surface area contributed by atoms with Gasteiger partial charge in [-0.05, 0) is 42.9 Å². The first kappa shape index (κ1) is 12.4. The van der Waals surface area contributed by atoms with Gasteiger partial charge in [0.25, 0.3) is 0 Å². The molecule has 0 heterocycles. The summed E-state index contributed by atoms with van der Waals surface area (Å²) in [5, 5.41) is 0. The third kappa shape index (κ3) is 4.01. The zero-order chi connectivity index (χ0) is 11.9. The Morgan fingerprint density at radius 3 is 2.41 bits per heavy atom. The van der Waals surface area contributed by atoms with Crippen molar-refractivity contribution in [1.29, 1.82) is 0 Å². The fourth-order valence-electron chi connectivity index (χ4n) is 2.54. The van der Waals surface area contributed by atoms with Gasteiger partial charge in [0.2, 0.25) is 0 Å². The van der Waals surface area contributed by atoms with Gasteiger partial charge in [0.05, 0.1) is 0 Å². The third-order valence-corrected chi connectivity index (χ3v) is 3.62. The van der Waals surface area contributed by atoms with Crippen molar-refractivity contribution in [3.8, 4) is 0 Å². The molecule has 92 valence electrons. The monoisotopic (exact) mass is 229 g/mol. The van der Waals surface area contributed by atoms with Crippen LogP contribution in [-0.2, 0) is 6.42 Å². The number of benzene rings is 1. The summed E-state index contributed by atoms with van der Waals surface area (Å²) >= 11 is 0. The smallest absolute Gasteiger partial charge is 0.00367 e. The Morgan fingerprint density at radius 2 is 1.76 bits per heavy atom. The van der Waals surface area contributed by atoms with Crippen molar-refractivity contribution < 1.29 is 0 Å². The van der Waals surface area contributed by atoms with Gasteiger partial charge in [-0.15, -0.1) is 0 Å². The summed E-state index contributed by atoms with van der Waals surface area (Å²) in [7, 11) is 0. The fourth-order valence-corrected chi connectivity index (χ4v) is 2.54. The second kappa shape index (κ2) is 6.61. The van der Waals surface area contributed by atoms with Gasteiger partial charge in [0.1, 0.15) is 0 Å². The summed E-state index contributed by atoms with van der Waals surface area (Å²) in [6.45, 7) is 0.733. The molecule has 1 fully saturated rings.